The molecule has 1 aliphatic heterocycles. The minimum Gasteiger partial charge on any atom is -0.321 e. The van der Waals surface area contributed by atoms with Crippen molar-refractivity contribution in [3.8, 4) is 11.1 Å². The summed E-state index contributed by atoms with van der Waals surface area (Å²) in [5, 5.41) is 5.77. The SMILES string of the molecule is CS(=O)(=O)N1N=C(c2c(-c3ccccc3)c3cc(Cl)ccc3[nH]c2=O)CC1c1ccc(Br)cc1. The van der Waals surface area contributed by atoms with Crippen molar-refractivity contribution < 1.29 is 8.42 Å². The van der Waals surface area contributed by atoms with E-state index in [1.54, 1.807) is 18.2 Å². The number of hydrogen-bond acceptors (Lipinski definition) is 4. The lowest BCUT2D eigenvalue weighted by atomic mass is 9.91. The Labute approximate surface area is 210 Å². The second-order valence-electron chi connectivity index (χ2n) is 8.11. The van der Waals surface area contributed by atoms with E-state index in [4.69, 9.17) is 11.6 Å². The normalized spacial score (nSPS) is 16.1. The van der Waals surface area contributed by atoms with Gasteiger partial charge in [0.1, 0.15) is 0 Å². The number of hydrazone groups is 1. The molecule has 0 bridgehead atoms. The van der Waals surface area contributed by atoms with Crippen LogP contribution in [0.25, 0.3) is 22.0 Å². The first kappa shape index (κ1) is 22.8. The van der Waals surface area contributed by atoms with Crippen molar-refractivity contribution >= 4 is 54.2 Å². The lowest BCUT2D eigenvalue weighted by Crippen LogP contribution is -2.25. The van der Waals surface area contributed by atoms with Gasteiger partial charge in [-0.3, -0.25) is 4.79 Å². The summed E-state index contributed by atoms with van der Waals surface area (Å²) in [6.45, 7) is 0. The highest BCUT2D eigenvalue weighted by Crippen LogP contribution is 2.38. The first-order valence-corrected chi connectivity index (χ1v) is 13.5. The molecule has 4 aromatic rings. The van der Waals surface area contributed by atoms with Gasteiger partial charge < -0.3 is 4.98 Å². The number of nitrogens with one attached hydrogen (secondary N) is 1. The second-order valence-corrected chi connectivity index (χ2v) is 11.3. The minimum atomic E-state index is -3.69. The monoisotopic (exact) mass is 555 g/mol. The van der Waals surface area contributed by atoms with Crippen LogP contribution in [0.5, 0.6) is 0 Å². The standard InChI is InChI=1S/C25H19BrClN3O3S/c1-34(32,33)30-22(15-7-9-17(26)10-8-15)14-21(29-30)24-23(16-5-3-2-4-6-16)19-13-18(27)11-12-20(19)28-25(24)31/h2-13,22H,14H2,1H3,(H,28,31). The highest BCUT2D eigenvalue weighted by atomic mass is 79.9. The number of sulfonamides is 1. The fraction of sp³-hybridized carbons (Fsp3) is 0.120. The molecule has 172 valence electrons. The van der Waals surface area contributed by atoms with E-state index in [0.29, 0.717) is 27.4 Å². The van der Waals surface area contributed by atoms with E-state index in [1.165, 1.54) is 0 Å². The highest BCUT2D eigenvalue weighted by molar-refractivity contribution is 9.10. The van der Waals surface area contributed by atoms with Gasteiger partial charge in [-0.2, -0.15) is 9.52 Å². The fourth-order valence-corrected chi connectivity index (χ4v) is 5.67. The Bertz CT molecular complexity index is 1600. The molecule has 2 heterocycles. The molecule has 5 rings (SSSR count). The number of benzene rings is 3. The molecule has 3 aromatic carbocycles. The third kappa shape index (κ3) is 4.17. The van der Waals surface area contributed by atoms with Crippen LogP contribution in [-0.2, 0) is 10.0 Å². The Hall–Kier alpha value is -2.94. The zero-order valence-electron chi connectivity index (χ0n) is 18.0. The van der Waals surface area contributed by atoms with Crippen LogP contribution >= 0.6 is 27.5 Å². The van der Waals surface area contributed by atoms with Gasteiger partial charge in [0.15, 0.2) is 0 Å². The predicted octanol–water partition coefficient (Wildman–Crippen LogP) is 5.72. The van der Waals surface area contributed by atoms with Crippen molar-refractivity contribution in [2.45, 2.75) is 12.5 Å². The maximum atomic E-state index is 13.4. The molecule has 9 heteroatoms. The maximum absolute atomic E-state index is 13.4. The number of halogens is 2. The summed E-state index contributed by atoms with van der Waals surface area (Å²) in [4.78, 5) is 16.3. The van der Waals surface area contributed by atoms with E-state index in [-0.39, 0.29) is 12.0 Å². The van der Waals surface area contributed by atoms with Crippen LogP contribution in [-0.4, -0.2) is 29.8 Å². The van der Waals surface area contributed by atoms with Gasteiger partial charge in [0.25, 0.3) is 5.56 Å². The van der Waals surface area contributed by atoms with Gasteiger partial charge >= 0.3 is 0 Å². The summed E-state index contributed by atoms with van der Waals surface area (Å²) in [6, 6.07) is 21.6. The molecule has 6 nitrogen and oxygen atoms in total. The van der Waals surface area contributed by atoms with E-state index < -0.39 is 16.1 Å². The van der Waals surface area contributed by atoms with Crippen molar-refractivity contribution in [2.24, 2.45) is 5.10 Å². The summed E-state index contributed by atoms with van der Waals surface area (Å²) in [5.41, 5.74) is 3.32. The molecule has 0 saturated heterocycles. The van der Waals surface area contributed by atoms with Crippen LogP contribution in [0, 0.1) is 0 Å². The Balaban J connectivity index is 1.76. The number of aromatic amines is 1. The van der Waals surface area contributed by atoms with E-state index in [2.05, 4.69) is 26.0 Å². The Morgan fingerprint density at radius 3 is 2.41 bits per heavy atom. The zero-order chi connectivity index (χ0) is 24.0. The molecule has 0 spiro atoms. The molecule has 1 atom stereocenters. The Morgan fingerprint density at radius 2 is 1.74 bits per heavy atom. The number of nitrogens with zero attached hydrogens (tertiary/aromatic N) is 2. The molecule has 0 saturated carbocycles. The molecule has 0 fully saturated rings. The zero-order valence-corrected chi connectivity index (χ0v) is 21.2. The van der Waals surface area contributed by atoms with Gasteiger partial charge in [-0.25, -0.2) is 8.42 Å². The summed E-state index contributed by atoms with van der Waals surface area (Å²) in [5.74, 6) is 0. The van der Waals surface area contributed by atoms with Crippen molar-refractivity contribution in [3.05, 3.63) is 104 Å². The van der Waals surface area contributed by atoms with Gasteiger partial charge in [-0.1, -0.05) is 70.0 Å². The predicted molar refractivity (Wildman–Crippen MR) is 140 cm³/mol. The molecule has 0 amide bonds. The van der Waals surface area contributed by atoms with Crippen molar-refractivity contribution in [3.63, 3.8) is 0 Å². The smallest absolute Gasteiger partial charge is 0.258 e. The van der Waals surface area contributed by atoms with E-state index in [9.17, 15) is 13.2 Å². The highest BCUT2D eigenvalue weighted by Gasteiger charge is 2.36. The van der Waals surface area contributed by atoms with E-state index in [1.807, 2.05) is 54.6 Å². The number of fused-ring (bicyclic) bond motifs is 1. The topological polar surface area (TPSA) is 82.6 Å². The number of hydrogen-bond donors (Lipinski definition) is 1. The van der Waals surface area contributed by atoms with Gasteiger partial charge in [0, 0.05) is 32.4 Å². The van der Waals surface area contributed by atoms with Gasteiger partial charge in [-0.15, -0.1) is 0 Å². The van der Waals surface area contributed by atoms with E-state index >= 15 is 0 Å². The van der Waals surface area contributed by atoms with Crippen LogP contribution in [0.3, 0.4) is 0 Å². The molecule has 0 radical (unpaired) electrons. The molecule has 34 heavy (non-hydrogen) atoms. The lowest BCUT2D eigenvalue weighted by Gasteiger charge is -2.21. The van der Waals surface area contributed by atoms with Gasteiger partial charge in [-0.05, 0) is 41.5 Å². The molecule has 1 N–H and O–H groups in total. The van der Waals surface area contributed by atoms with Gasteiger partial charge in [0.05, 0.1) is 23.6 Å². The van der Waals surface area contributed by atoms with Gasteiger partial charge in [0.2, 0.25) is 10.0 Å². The van der Waals surface area contributed by atoms with E-state index in [0.717, 1.165) is 31.7 Å². The number of rotatable bonds is 4. The first-order chi connectivity index (χ1) is 16.2. The second kappa shape index (κ2) is 8.69. The summed E-state index contributed by atoms with van der Waals surface area (Å²) < 4.78 is 27.3. The van der Waals surface area contributed by atoms with Crippen molar-refractivity contribution in [1.29, 1.82) is 0 Å². The Morgan fingerprint density at radius 1 is 1.03 bits per heavy atom. The summed E-state index contributed by atoms with van der Waals surface area (Å²) in [6.07, 6.45) is 1.37. The molecule has 1 aromatic heterocycles. The molecular weight excluding hydrogens is 538 g/mol. The lowest BCUT2D eigenvalue weighted by molar-refractivity contribution is 0.375. The van der Waals surface area contributed by atoms with Crippen molar-refractivity contribution in [1.82, 2.24) is 9.40 Å². The Kier molecular flexibility index (Phi) is 5.83. The summed E-state index contributed by atoms with van der Waals surface area (Å²) in [7, 11) is -3.69. The average Bonchev–Trinajstić information content (AvgIpc) is 3.25. The molecule has 0 aliphatic carbocycles. The summed E-state index contributed by atoms with van der Waals surface area (Å²) >= 11 is 9.73. The van der Waals surface area contributed by atoms with Crippen LogP contribution < -0.4 is 5.56 Å². The molecule has 1 aliphatic rings. The van der Waals surface area contributed by atoms with Crippen LogP contribution in [0.4, 0.5) is 0 Å². The number of pyridine rings is 1. The third-order valence-corrected chi connectivity index (χ3v) is 7.57. The first-order valence-electron chi connectivity index (χ1n) is 10.5. The number of aromatic nitrogens is 1. The number of H-pyrrole nitrogens is 1. The maximum Gasteiger partial charge on any atom is 0.258 e. The largest absolute Gasteiger partial charge is 0.321 e. The quantitative estimate of drug-likeness (QED) is 0.349. The van der Waals surface area contributed by atoms with Crippen LogP contribution in [0.2, 0.25) is 5.02 Å². The van der Waals surface area contributed by atoms with Crippen LogP contribution in [0.1, 0.15) is 23.6 Å². The third-order valence-electron chi connectivity index (χ3n) is 5.79. The minimum absolute atomic E-state index is 0.254. The van der Waals surface area contributed by atoms with Crippen LogP contribution in [0.15, 0.2) is 87.2 Å². The van der Waals surface area contributed by atoms with Crippen molar-refractivity contribution in [2.75, 3.05) is 6.26 Å². The molecule has 1 unspecified atom stereocenters. The molecular formula is C25H19BrClN3O3S. The fourth-order valence-electron chi connectivity index (χ4n) is 4.32. The average molecular weight is 557 g/mol.